The number of aryl methyl sites for hydroxylation is 1. The maximum atomic E-state index is 5.84. The van der Waals surface area contributed by atoms with Gasteiger partial charge >= 0.3 is 0 Å². The van der Waals surface area contributed by atoms with E-state index < -0.39 is 0 Å². The Kier molecular flexibility index (Phi) is 5.84. The first-order valence-electron chi connectivity index (χ1n) is 6.78. The Morgan fingerprint density at radius 1 is 1.35 bits per heavy atom. The Balaban J connectivity index is 1.92. The van der Waals surface area contributed by atoms with Gasteiger partial charge in [0.05, 0.1) is 6.54 Å². The fourth-order valence-corrected chi connectivity index (χ4v) is 3.66. The minimum atomic E-state index is 0.836. The lowest BCUT2D eigenvalue weighted by molar-refractivity contribution is 0.287. The average molecular weight is 357 g/mol. The number of furan rings is 1. The van der Waals surface area contributed by atoms with E-state index in [-0.39, 0.29) is 0 Å². The molecule has 5 heteroatoms. The number of hydrogen-bond donors (Lipinski definition) is 1. The second-order valence-electron chi connectivity index (χ2n) is 4.98. The molecular formula is C15H21BrN2OS. The van der Waals surface area contributed by atoms with E-state index in [0.29, 0.717) is 0 Å². The van der Waals surface area contributed by atoms with Crippen LogP contribution in [0.25, 0.3) is 0 Å². The number of halogens is 1. The minimum absolute atomic E-state index is 0.836. The van der Waals surface area contributed by atoms with Crippen LogP contribution < -0.4 is 5.32 Å². The Morgan fingerprint density at radius 2 is 2.15 bits per heavy atom. The fraction of sp³-hybridized carbons (Fsp3) is 0.467. The predicted octanol–water partition coefficient (Wildman–Crippen LogP) is 4.15. The van der Waals surface area contributed by atoms with Crippen LogP contribution >= 0.6 is 27.3 Å². The van der Waals surface area contributed by atoms with E-state index >= 15 is 0 Å². The largest absolute Gasteiger partial charge is 0.465 e. The second kappa shape index (κ2) is 7.41. The molecule has 0 aliphatic carbocycles. The molecule has 2 heterocycles. The molecule has 1 N–H and O–H groups in total. The van der Waals surface area contributed by atoms with E-state index in [1.807, 2.05) is 6.92 Å². The van der Waals surface area contributed by atoms with Crippen molar-refractivity contribution in [3.63, 3.8) is 0 Å². The van der Waals surface area contributed by atoms with Gasteiger partial charge in [-0.3, -0.25) is 4.90 Å². The van der Waals surface area contributed by atoms with E-state index in [4.69, 9.17) is 4.42 Å². The number of thiophene rings is 1. The lowest BCUT2D eigenvalue weighted by Gasteiger charge is -2.13. The monoisotopic (exact) mass is 356 g/mol. The third kappa shape index (κ3) is 4.45. The molecule has 0 aliphatic heterocycles. The van der Waals surface area contributed by atoms with Crippen molar-refractivity contribution in [1.82, 2.24) is 10.2 Å². The summed E-state index contributed by atoms with van der Waals surface area (Å²) in [6.45, 7) is 7.79. The van der Waals surface area contributed by atoms with Crippen molar-refractivity contribution in [2.45, 2.75) is 33.5 Å². The van der Waals surface area contributed by atoms with Crippen LogP contribution in [0.1, 0.15) is 28.9 Å². The summed E-state index contributed by atoms with van der Waals surface area (Å²) in [5.41, 5.74) is 1.26. The lowest BCUT2D eigenvalue weighted by atomic mass is 10.2. The van der Waals surface area contributed by atoms with Gasteiger partial charge in [0.2, 0.25) is 0 Å². The first-order valence-corrected chi connectivity index (χ1v) is 8.46. The molecule has 0 aliphatic rings. The van der Waals surface area contributed by atoms with Gasteiger partial charge in [-0.05, 0) is 48.6 Å². The summed E-state index contributed by atoms with van der Waals surface area (Å²) in [6.07, 6.45) is 0. The van der Waals surface area contributed by atoms with Crippen molar-refractivity contribution >= 4 is 27.3 Å². The van der Waals surface area contributed by atoms with Gasteiger partial charge < -0.3 is 9.73 Å². The molecular weight excluding hydrogens is 336 g/mol. The van der Waals surface area contributed by atoms with Crippen LogP contribution in [0, 0.1) is 6.92 Å². The molecule has 110 valence electrons. The summed E-state index contributed by atoms with van der Waals surface area (Å²) in [6, 6.07) is 4.34. The van der Waals surface area contributed by atoms with Gasteiger partial charge in [-0.1, -0.05) is 6.92 Å². The van der Waals surface area contributed by atoms with Crippen LogP contribution in [0.5, 0.6) is 0 Å². The van der Waals surface area contributed by atoms with Crippen LogP contribution in [0.15, 0.2) is 26.4 Å². The summed E-state index contributed by atoms with van der Waals surface area (Å²) in [7, 11) is 2.12. The highest BCUT2D eigenvalue weighted by Gasteiger charge is 2.10. The van der Waals surface area contributed by atoms with Crippen molar-refractivity contribution in [1.29, 1.82) is 0 Å². The van der Waals surface area contributed by atoms with E-state index in [1.54, 1.807) is 11.3 Å². The van der Waals surface area contributed by atoms with Gasteiger partial charge in [0, 0.05) is 33.4 Å². The van der Waals surface area contributed by atoms with Crippen molar-refractivity contribution in [2.24, 2.45) is 0 Å². The lowest BCUT2D eigenvalue weighted by Crippen LogP contribution is -2.16. The molecule has 20 heavy (non-hydrogen) atoms. The van der Waals surface area contributed by atoms with Crippen LogP contribution in [0.3, 0.4) is 0 Å². The molecule has 2 aromatic heterocycles. The molecule has 0 fully saturated rings. The van der Waals surface area contributed by atoms with E-state index in [0.717, 1.165) is 42.2 Å². The highest BCUT2D eigenvalue weighted by molar-refractivity contribution is 9.10. The molecule has 0 unspecified atom stereocenters. The first-order chi connectivity index (χ1) is 9.58. The van der Waals surface area contributed by atoms with Crippen molar-refractivity contribution in [3.05, 3.63) is 43.9 Å². The molecule has 0 saturated heterocycles. The van der Waals surface area contributed by atoms with E-state index in [2.05, 4.69) is 57.6 Å². The van der Waals surface area contributed by atoms with Gasteiger partial charge in [-0.25, -0.2) is 0 Å². The van der Waals surface area contributed by atoms with E-state index in [9.17, 15) is 0 Å². The fourth-order valence-electron chi connectivity index (χ4n) is 2.13. The van der Waals surface area contributed by atoms with Gasteiger partial charge in [-0.2, -0.15) is 0 Å². The normalized spacial score (nSPS) is 11.4. The van der Waals surface area contributed by atoms with Gasteiger partial charge in [0.25, 0.3) is 0 Å². The van der Waals surface area contributed by atoms with Gasteiger partial charge in [0.15, 0.2) is 0 Å². The number of rotatable bonds is 7. The SMILES string of the molecule is CCNCc1cc(CN(C)Cc2cc(Br)cs2)oc1C. The third-order valence-electron chi connectivity index (χ3n) is 3.11. The quantitative estimate of drug-likeness (QED) is 0.807. The Bertz CT molecular complexity index is 550. The number of nitrogens with zero attached hydrogens (tertiary/aromatic N) is 1. The summed E-state index contributed by atoms with van der Waals surface area (Å²) in [5.74, 6) is 2.06. The number of hydrogen-bond acceptors (Lipinski definition) is 4. The Labute approximate surface area is 133 Å². The summed E-state index contributed by atoms with van der Waals surface area (Å²) >= 11 is 5.27. The topological polar surface area (TPSA) is 28.4 Å². The summed E-state index contributed by atoms with van der Waals surface area (Å²) in [5, 5.41) is 5.46. The maximum absolute atomic E-state index is 5.84. The first kappa shape index (κ1) is 15.8. The molecule has 2 aromatic rings. The summed E-state index contributed by atoms with van der Waals surface area (Å²) in [4.78, 5) is 3.63. The van der Waals surface area contributed by atoms with Crippen molar-refractivity contribution in [2.75, 3.05) is 13.6 Å². The summed E-state index contributed by atoms with van der Waals surface area (Å²) < 4.78 is 7.00. The molecule has 0 radical (unpaired) electrons. The Morgan fingerprint density at radius 3 is 2.80 bits per heavy atom. The van der Waals surface area contributed by atoms with Crippen LogP contribution in [-0.2, 0) is 19.6 Å². The Hall–Kier alpha value is -0.620. The molecule has 3 nitrogen and oxygen atoms in total. The molecule has 0 bridgehead atoms. The zero-order valence-electron chi connectivity index (χ0n) is 12.2. The smallest absolute Gasteiger partial charge is 0.118 e. The molecule has 0 amide bonds. The molecule has 0 saturated carbocycles. The van der Waals surface area contributed by atoms with Crippen molar-refractivity contribution in [3.8, 4) is 0 Å². The van der Waals surface area contributed by atoms with Gasteiger partial charge in [0.1, 0.15) is 11.5 Å². The van der Waals surface area contributed by atoms with Crippen LogP contribution in [-0.4, -0.2) is 18.5 Å². The van der Waals surface area contributed by atoms with Crippen LogP contribution in [0.4, 0.5) is 0 Å². The molecule has 0 spiro atoms. The highest BCUT2D eigenvalue weighted by Crippen LogP contribution is 2.22. The second-order valence-corrected chi connectivity index (χ2v) is 6.89. The zero-order valence-corrected chi connectivity index (χ0v) is 14.6. The molecule has 0 aromatic carbocycles. The number of nitrogens with one attached hydrogen (secondary N) is 1. The maximum Gasteiger partial charge on any atom is 0.118 e. The third-order valence-corrected chi connectivity index (χ3v) is 4.79. The minimum Gasteiger partial charge on any atom is -0.465 e. The zero-order chi connectivity index (χ0) is 14.5. The predicted molar refractivity (Wildman–Crippen MR) is 88.0 cm³/mol. The van der Waals surface area contributed by atoms with E-state index in [1.165, 1.54) is 10.4 Å². The van der Waals surface area contributed by atoms with Crippen molar-refractivity contribution < 1.29 is 4.42 Å². The van der Waals surface area contributed by atoms with Crippen LogP contribution in [0.2, 0.25) is 0 Å². The molecule has 0 atom stereocenters. The standard InChI is InChI=1S/C15H21BrN2OS/c1-4-17-7-12-5-14(19-11(12)2)8-18(3)9-15-6-13(16)10-20-15/h5-6,10,17H,4,7-9H2,1-3H3. The van der Waals surface area contributed by atoms with Gasteiger partial charge in [-0.15, -0.1) is 11.3 Å². The molecule has 2 rings (SSSR count). The average Bonchev–Trinajstić information content (AvgIpc) is 2.93. The highest BCUT2D eigenvalue weighted by atomic mass is 79.9.